The third-order valence-electron chi connectivity index (χ3n) is 1.85. The highest BCUT2D eigenvalue weighted by Gasteiger charge is 2.09. The summed E-state index contributed by atoms with van der Waals surface area (Å²) < 4.78 is 18.6. The maximum atomic E-state index is 11.1. The Morgan fingerprint density at radius 3 is 2.53 bits per heavy atom. The lowest BCUT2D eigenvalue weighted by Gasteiger charge is -2.29. The first-order valence-electron chi connectivity index (χ1n) is 5.35. The number of rotatable bonds is 9. The molecule has 0 saturated heterocycles. The van der Waals surface area contributed by atoms with E-state index in [2.05, 4.69) is 9.26 Å². The zero-order chi connectivity index (χ0) is 13.3. The Morgan fingerprint density at radius 2 is 2.00 bits per heavy atom. The Balaban J connectivity index is 3.59. The Kier molecular flexibility index (Phi) is 8.37. The SMILES string of the molecule is CCCCCC(=O)OC[C@@H](O)COP(=O)([O-])[O-]. The molecule has 0 radical (unpaired) electrons. The van der Waals surface area contributed by atoms with Gasteiger partial charge in [0.25, 0.3) is 0 Å². The van der Waals surface area contributed by atoms with Gasteiger partial charge in [-0.15, -0.1) is 0 Å². The van der Waals surface area contributed by atoms with Gasteiger partial charge in [0.2, 0.25) is 0 Å². The van der Waals surface area contributed by atoms with Crippen LogP contribution in [0, 0.1) is 0 Å². The van der Waals surface area contributed by atoms with Crippen LogP contribution in [0.5, 0.6) is 0 Å². The first kappa shape index (κ1) is 16.5. The van der Waals surface area contributed by atoms with Crippen molar-refractivity contribution in [3.8, 4) is 0 Å². The fraction of sp³-hybridized carbons (Fsp3) is 0.889. The van der Waals surface area contributed by atoms with Crippen molar-refractivity contribution in [2.24, 2.45) is 0 Å². The molecule has 0 spiro atoms. The van der Waals surface area contributed by atoms with E-state index >= 15 is 0 Å². The Hall–Kier alpha value is -0.460. The number of hydrogen-bond donors (Lipinski definition) is 1. The summed E-state index contributed by atoms with van der Waals surface area (Å²) in [5.74, 6) is -0.468. The number of hydrogen-bond acceptors (Lipinski definition) is 7. The van der Waals surface area contributed by atoms with E-state index in [1.807, 2.05) is 6.92 Å². The van der Waals surface area contributed by atoms with Crippen LogP contribution in [0.25, 0.3) is 0 Å². The molecule has 7 nitrogen and oxygen atoms in total. The molecular formula is C9H17O7P-2. The van der Waals surface area contributed by atoms with E-state index in [-0.39, 0.29) is 13.0 Å². The summed E-state index contributed by atoms with van der Waals surface area (Å²) in [6, 6.07) is 0. The minimum Gasteiger partial charge on any atom is -0.790 e. The van der Waals surface area contributed by atoms with Gasteiger partial charge in [0.05, 0.1) is 14.4 Å². The normalized spacial score (nSPS) is 13.4. The van der Waals surface area contributed by atoms with E-state index < -0.39 is 26.5 Å². The predicted octanol–water partition coefficient (Wildman–Crippen LogP) is -0.684. The Bertz CT molecular complexity index is 262. The Morgan fingerprint density at radius 1 is 1.35 bits per heavy atom. The van der Waals surface area contributed by atoms with Gasteiger partial charge < -0.3 is 28.7 Å². The van der Waals surface area contributed by atoms with Crippen LogP contribution in [0.3, 0.4) is 0 Å². The number of esters is 1. The standard InChI is InChI=1S/C9H19O7P/c1-2-3-4-5-9(11)15-6-8(10)7-16-17(12,13)14/h8,10H,2-7H2,1H3,(H2,12,13,14)/p-2/t8-/m1/s1. The summed E-state index contributed by atoms with van der Waals surface area (Å²) in [5, 5.41) is 9.13. The molecule has 0 unspecified atom stereocenters. The molecule has 1 N–H and O–H groups in total. The lowest BCUT2D eigenvalue weighted by atomic mass is 10.2. The molecule has 0 aliphatic rings. The van der Waals surface area contributed by atoms with E-state index in [4.69, 9.17) is 5.11 Å². The monoisotopic (exact) mass is 268 g/mol. The van der Waals surface area contributed by atoms with E-state index in [0.717, 1.165) is 12.8 Å². The highest BCUT2D eigenvalue weighted by molar-refractivity contribution is 7.43. The lowest BCUT2D eigenvalue weighted by Crippen LogP contribution is -2.26. The molecule has 0 fully saturated rings. The van der Waals surface area contributed by atoms with Gasteiger partial charge in [0, 0.05) is 6.42 Å². The van der Waals surface area contributed by atoms with Gasteiger partial charge in [-0.2, -0.15) is 0 Å². The third kappa shape index (κ3) is 11.8. The summed E-state index contributed by atoms with van der Waals surface area (Å²) in [6.45, 7) is 0.911. The molecule has 0 amide bonds. The largest absolute Gasteiger partial charge is 0.790 e. The maximum Gasteiger partial charge on any atom is 0.305 e. The van der Waals surface area contributed by atoms with Crippen LogP contribution in [-0.2, 0) is 18.6 Å². The summed E-state index contributed by atoms with van der Waals surface area (Å²) >= 11 is 0. The van der Waals surface area contributed by atoms with E-state index in [9.17, 15) is 19.1 Å². The number of unbranched alkanes of at least 4 members (excludes halogenated alkanes) is 2. The molecule has 0 saturated carbocycles. The Labute approximate surface area is 100.0 Å². The number of phosphoric acid groups is 1. The summed E-state index contributed by atoms with van der Waals surface area (Å²) in [7, 11) is -5.09. The zero-order valence-corrected chi connectivity index (χ0v) is 10.6. The second-order valence-electron chi connectivity index (χ2n) is 3.54. The smallest absolute Gasteiger partial charge is 0.305 e. The quantitative estimate of drug-likeness (QED) is 0.334. The molecule has 17 heavy (non-hydrogen) atoms. The van der Waals surface area contributed by atoms with Crippen LogP contribution >= 0.6 is 7.82 Å². The van der Waals surface area contributed by atoms with Gasteiger partial charge in [-0.05, 0) is 6.42 Å². The van der Waals surface area contributed by atoms with Gasteiger partial charge in [0.15, 0.2) is 0 Å². The molecule has 0 heterocycles. The molecule has 8 heteroatoms. The minimum absolute atomic E-state index is 0.253. The van der Waals surface area contributed by atoms with Gasteiger partial charge in [-0.3, -0.25) is 4.79 Å². The van der Waals surface area contributed by atoms with Crippen molar-refractivity contribution in [1.29, 1.82) is 0 Å². The molecule has 1 atom stereocenters. The van der Waals surface area contributed by atoms with Crippen LogP contribution in [0.15, 0.2) is 0 Å². The van der Waals surface area contributed by atoms with Gasteiger partial charge >= 0.3 is 5.97 Å². The number of aliphatic hydroxyl groups excluding tert-OH is 1. The second-order valence-corrected chi connectivity index (χ2v) is 4.69. The third-order valence-corrected chi connectivity index (χ3v) is 2.31. The molecule has 0 aromatic carbocycles. The molecule has 0 bridgehead atoms. The fourth-order valence-corrected chi connectivity index (χ4v) is 1.36. The molecule has 0 aliphatic heterocycles. The van der Waals surface area contributed by atoms with Crippen LogP contribution < -0.4 is 9.79 Å². The zero-order valence-electron chi connectivity index (χ0n) is 9.66. The van der Waals surface area contributed by atoms with Crippen molar-refractivity contribution in [3.05, 3.63) is 0 Å². The van der Waals surface area contributed by atoms with E-state index in [0.29, 0.717) is 6.42 Å². The second kappa shape index (κ2) is 8.60. The van der Waals surface area contributed by atoms with Gasteiger partial charge in [-0.25, -0.2) is 0 Å². The van der Waals surface area contributed by atoms with E-state index in [1.165, 1.54) is 0 Å². The molecular weight excluding hydrogens is 251 g/mol. The average molecular weight is 268 g/mol. The molecule has 102 valence electrons. The first-order valence-corrected chi connectivity index (χ1v) is 6.81. The highest BCUT2D eigenvalue weighted by Crippen LogP contribution is 2.24. The summed E-state index contributed by atoms with van der Waals surface area (Å²) in [4.78, 5) is 31.2. The lowest BCUT2D eigenvalue weighted by molar-refractivity contribution is -0.342. The number of carbonyl (C=O) groups is 1. The van der Waals surface area contributed by atoms with Crippen molar-refractivity contribution in [2.75, 3.05) is 13.2 Å². The molecule has 0 aromatic heterocycles. The minimum atomic E-state index is -5.09. The van der Waals surface area contributed by atoms with Crippen LogP contribution in [0.4, 0.5) is 0 Å². The van der Waals surface area contributed by atoms with E-state index in [1.54, 1.807) is 0 Å². The number of carbonyl (C=O) groups excluding carboxylic acids is 1. The molecule has 0 aromatic rings. The number of aliphatic hydroxyl groups is 1. The van der Waals surface area contributed by atoms with Crippen molar-refractivity contribution < 1.29 is 33.5 Å². The van der Waals surface area contributed by atoms with Crippen molar-refractivity contribution in [1.82, 2.24) is 0 Å². The molecule has 0 rings (SSSR count). The fourth-order valence-electron chi connectivity index (χ4n) is 1.01. The van der Waals surface area contributed by atoms with Gasteiger partial charge in [-0.1, -0.05) is 19.8 Å². The van der Waals surface area contributed by atoms with Crippen molar-refractivity contribution in [2.45, 2.75) is 38.7 Å². The number of ether oxygens (including phenoxy) is 1. The van der Waals surface area contributed by atoms with Crippen molar-refractivity contribution in [3.63, 3.8) is 0 Å². The highest BCUT2D eigenvalue weighted by atomic mass is 31.2. The topological polar surface area (TPSA) is 119 Å². The summed E-state index contributed by atoms with van der Waals surface area (Å²) in [6.07, 6.45) is 1.53. The maximum absolute atomic E-state index is 11.1. The van der Waals surface area contributed by atoms with Crippen LogP contribution in [-0.4, -0.2) is 30.4 Å². The molecule has 0 aliphatic carbocycles. The first-order chi connectivity index (χ1) is 7.85. The van der Waals surface area contributed by atoms with Crippen LogP contribution in [0.1, 0.15) is 32.6 Å². The van der Waals surface area contributed by atoms with Crippen molar-refractivity contribution >= 4 is 13.8 Å². The van der Waals surface area contributed by atoms with Crippen LogP contribution in [0.2, 0.25) is 0 Å². The number of phosphoric ester groups is 1. The summed E-state index contributed by atoms with van der Waals surface area (Å²) in [5.41, 5.74) is 0. The average Bonchev–Trinajstić information content (AvgIpc) is 2.23. The predicted molar refractivity (Wildman–Crippen MR) is 54.7 cm³/mol. The van der Waals surface area contributed by atoms with Gasteiger partial charge in [0.1, 0.15) is 12.7 Å².